The number of carbonyl (C=O) groups is 1. The standard InChI is InChI=1S/C22H22FN3O3/c23-19-9-5-4-8-18(19)22(27)26-12-10-17(14-26)21-24-20(25-29-21)11-13-28-15-16-6-2-1-3-7-16/h1-9,17H,10-15H2. The summed E-state index contributed by atoms with van der Waals surface area (Å²) < 4.78 is 24.9. The Morgan fingerprint density at radius 1 is 1.17 bits per heavy atom. The molecule has 1 aliphatic rings. The highest BCUT2D eigenvalue weighted by Gasteiger charge is 2.32. The van der Waals surface area contributed by atoms with Gasteiger partial charge in [-0.1, -0.05) is 47.6 Å². The van der Waals surface area contributed by atoms with E-state index in [0.29, 0.717) is 50.9 Å². The molecule has 3 aromatic rings. The van der Waals surface area contributed by atoms with Gasteiger partial charge in [-0.25, -0.2) is 4.39 Å². The predicted molar refractivity (Wildman–Crippen MR) is 104 cm³/mol. The summed E-state index contributed by atoms with van der Waals surface area (Å²) in [6.45, 7) is 2.02. The van der Waals surface area contributed by atoms with Crippen LogP contribution in [0.1, 0.15) is 40.0 Å². The second kappa shape index (κ2) is 8.96. The SMILES string of the molecule is O=C(c1ccccc1F)N1CCC(c2nc(CCOCc3ccccc3)no2)C1. The van der Waals surface area contributed by atoms with Crippen molar-refractivity contribution in [2.75, 3.05) is 19.7 Å². The van der Waals surface area contributed by atoms with Gasteiger partial charge in [0.1, 0.15) is 5.82 Å². The molecular formula is C22H22FN3O3. The van der Waals surface area contributed by atoms with E-state index in [1.165, 1.54) is 12.1 Å². The Morgan fingerprint density at radius 3 is 2.79 bits per heavy atom. The van der Waals surface area contributed by atoms with Crippen LogP contribution in [0, 0.1) is 5.82 Å². The summed E-state index contributed by atoms with van der Waals surface area (Å²) in [4.78, 5) is 18.6. The van der Waals surface area contributed by atoms with Crippen molar-refractivity contribution >= 4 is 5.91 Å². The van der Waals surface area contributed by atoms with Gasteiger partial charge < -0.3 is 14.2 Å². The number of amides is 1. The van der Waals surface area contributed by atoms with E-state index in [1.54, 1.807) is 17.0 Å². The fraction of sp³-hybridized carbons (Fsp3) is 0.318. The molecule has 1 atom stereocenters. The normalized spacial score (nSPS) is 16.3. The average molecular weight is 395 g/mol. The van der Waals surface area contributed by atoms with Crippen molar-refractivity contribution in [2.24, 2.45) is 0 Å². The van der Waals surface area contributed by atoms with E-state index in [0.717, 1.165) is 5.56 Å². The zero-order valence-electron chi connectivity index (χ0n) is 16.0. The zero-order valence-corrected chi connectivity index (χ0v) is 16.0. The summed E-state index contributed by atoms with van der Waals surface area (Å²) in [5.74, 6) is 0.271. The Bertz CT molecular complexity index is 961. The van der Waals surface area contributed by atoms with Gasteiger partial charge in [-0.05, 0) is 24.1 Å². The molecule has 0 N–H and O–H groups in total. The van der Waals surface area contributed by atoms with Crippen LogP contribution in [0.25, 0.3) is 0 Å². The van der Waals surface area contributed by atoms with Crippen LogP contribution in [0.2, 0.25) is 0 Å². The molecule has 1 fully saturated rings. The van der Waals surface area contributed by atoms with E-state index in [1.807, 2.05) is 30.3 Å². The monoisotopic (exact) mass is 395 g/mol. The largest absolute Gasteiger partial charge is 0.376 e. The predicted octanol–water partition coefficient (Wildman–Crippen LogP) is 3.60. The summed E-state index contributed by atoms with van der Waals surface area (Å²) in [6.07, 6.45) is 1.27. The number of benzene rings is 2. The first-order chi connectivity index (χ1) is 14.2. The van der Waals surface area contributed by atoms with Crippen molar-refractivity contribution in [1.82, 2.24) is 15.0 Å². The van der Waals surface area contributed by atoms with Crippen LogP contribution in [0.15, 0.2) is 59.1 Å². The molecule has 1 unspecified atom stereocenters. The van der Waals surface area contributed by atoms with Crippen LogP contribution in [0.4, 0.5) is 4.39 Å². The van der Waals surface area contributed by atoms with Gasteiger partial charge in [-0.3, -0.25) is 4.79 Å². The maximum absolute atomic E-state index is 13.9. The Morgan fingerprint density at radius 2 is 1.97 bits per heavy atom. The first-order valence-electron chi connectivity index (χ1n) is 9.68. The number of nitrogens with zero attached hydrogens (tertiary/aromatic N) is 3. The second-order valence-electron chi connectivity index (χ2n) is 7.05. The minimum atomic E-state index is -0.503. The average Bonchev–Trinajstić information content (AvgIpc) is 3.42. The van der Waals surface area contributed by atoms with E-state index in [4.69, 9.17) is 9.26 Å². The van der Waals surface area contributed by atoms with Crippen molar-refractivity contribution in [2.45, 2.75) is 25.4 Å². The molecule has 4 rings (SSSR count). The van der Waals surface area contributed by atoms with Crippen LogP contribution in [-0.4, -0.2) is 40.6 Å². The number of rotatable bonds is 7. The van der Waals surface area contributed by atoms with Crippen LogP contribution in [-0.2, 0) is 17.8 Å². The van der Waals surface area contributed by atoms with Crippen LogP contribution in [0.3, 0.4) is 0 Å². The summed E-state index contributed by atoms with van der Waals surface area (Å²) in [7, 11) is 0. The van der Waals surface area contributed by atoms with E-state index < -0.39 is 5.82 Å². The molecule has 29 heavy (non-hydrogen) atoms. The third-order valence-corrected chi connectivity index (χ3v) is 4.99. The molecule has 0 bridgehead atoms. The number of likely N-dealkylation sites (tertiary alicyclic amines) is 1. The molecule has 7 heteroatoms. The number of hydrogen-bond donors (Lipinski definition) is 0. The lowest BCUT2D eigenvalue weighted by atomic mass is 10.1. The molecule has 0 aliphatic carbocycles. The fourth-order valence-electron chi connectivity index (χ4n) is 3.41. The third-order valence-electron chi connectivity index (χ3n) is 4.99. The van der Waals surface area contributed by atoms with Gasteiger partial charge in [-0.2, -0.15) is 4.98 Å². The molecule has 1 amide bonds. The molecule has 2 heterocycles. The van der Waals surface area contributed by atoms with Crippen LogP contribution >= 0.6 is 0 Å². The van der Waals surface area contributed by atoms with Gasteiger partial charge in [0.05, 0.1) is 24.7 Å². The van der Waals surface area contributed by atoms with Gasteiger partial charge in [0.15, 0.2) is 5.82 Å². The Balaban J connectivity index is 1.27. The van der Waals surface area contributed by atoms with E-state index in [9.17, 15) is 9.18 Å². The summed E-state index contributed by atoms with van der Waals surface area (Å²) in [5, 5.41) is 4.02. The highest BCUT2D eigenvalue weighted by molar-refractivity contribution is 5.94. The van der Waals surface area contributed by atoms with Crippen molar-refractivity contribution < 1.29 is 18.4 Å². The Kier molecular flexibility index (Phi) is 5.95. The number of hydrogen-bond acceptors (Lipinski definition) is 5. The maximum Gasteiger partial charge on any atom is 0.256 e. The molecule has 0 spiro atoms. The Labute approximate surface area is 168 Å². The van der Waals surface area contributed by atoms with Gasteiger partial charge in [0.25, 0.3) is 5.91 Å². The lowest BCUT2D eigenvalue weighted by Gasteiger charge is -2.16. The first kappa shape index (κ1) is 19.3. The van der Waals surface area contributed by atoms with E-state index in [-0.39, 0.29) is 17.4 Å². The van der Waals surface area contributed by atoms with Crippen LogP contribution in [0.5, 0.6) is 0 Å². The topological polar surface area (TPSA) is 68.5 Å². The summed E-state index contributed by atoms with van der Waals surface area (Å²) in [6, 6.07) is 16.0. The minimum Gasteiger partial charge on any atom is -0.376 e. The number of aromatic nitrogens is 2. The fourth-order valence-corrected chi connectivity index (χ4v) is 3.41. The highest BCUT2D eigenvalue weighted by Crippen LogP contribution is 2.27. The van der Waals surface area contributed by atoms with Gasteiger partial charge in [0, 0.05) is 19.5 Å². The lowest BCUT2D eigenvalue weighted by Crippen LogP contribution is -2.29. The number of ether oxygens (including phenoxy) is 1. The maximum atomic E-state index is 13.9. The summed E-state index contributed by atoms with van der Waals surface area (Å²) >= 11 is 0. The van der Waals surface area contributed by atoms with Gasteiger partial charge >= 0.3 is 0 Å². The van der Waals surface area contributed by atoms with Gasteiger partial charge in [0.2, 0.25) is 5.89 Å². The van der Waals surface area contributed by atoms with Crippen molar-refractivity contribution in [3.63, 3.8) is 0 Å². The molecule has 6 nitrogen and oxygen atoms in total. The van der Waals surface area contributed by atoms with Gasteiger partial charge in [-0.15, -0.1) is 0 Å². The quantitative estimate of drug-likeness (QED) is 0.572. The van der Waals surface area contributed by atoms with Crippen molar-refractivity contribution in [1.29, 1.82) is 0 Å². The molecule has 1 aliphatic heterocycles. The molecular weight excluding hydrogens is 373 g/mol. The van der Waals surface area contributed by atoms with Crippen molar-refractivity contribution in [3.8, 4) is 0 Å². The molecule has 150 valence electrons. The third kappa shape index (κ3) is 4.68. The van der Waals surface area contributed by atoms with E-state index >= 15 is 0 Å². The van der Waals surface area contributed by atoms with E-state index in [2.05, 4.69) is 10.1 Å². The minimum absolute atomic E-state index is 0.0304. The molecule has 1 aromatic heterocycles. The summed E-state index contributed by atoms with van der Waals surface area (Å²) in [5.41, 5.74) is 1.21. The Hall–Kier alpha value is -3.06. The molecule has 0 saturated carbocycles. The van der Waals surface area contributed by atoms with Crippen molar-refractivity contribution in [3.05, 3.63) is 83.3 Å². The smallest absolute Gasteiger partial charge is 0.256 e. The number of carbonyl (C=O) groups excluding carboxylic acids is 1. The molecule has 0 radical (unpaired) electrons. The first-order valence-corrected chi connectivity index (χ1v) is 9.68. The number of halogens is 1. The highest BCUT2D eigenvalue weighted by atomic mass is 19.1. The molecule has 1 saturated heterocycles. The second-order valence-corrected chi connectivity index (χ2v) is 7.05. The zero-order chi connectivity index (χ0) is 20.1. The molecule has 2 aromatic carbocycles. The lowest BCUT2D eigenvalue weighted by molar-refractivity contribution is 0.0785. The van der Waals surface area contributed by atoms with Crippen LogP contribution < -0.4 is 0 Å².